The van der Waals surface area contributed by atoms with E-state index in [1.807, 2.05) is 89.8 Å². The van der Waals surface area contributed by atoms with Gasteiger partial charge in [-0.3, -0.25) is 4.79 Å². The van der Waals surface area contributed by atoms with Crippen LogP contribution in [0.5, 0.6) is 23.3 Å². The van der Waals surface area contributed by atoms with Crippen molar-refractivity contribution in [3.8, 4) is 23.3 Å². The van der Waals surface area contributed by atoms with Crippen LogP contribution in [0.3, 0.4) is 0 Å². The average molecular weight is 709 g/mol. The fourth-order valence-electron chi connectivity index (χ4n) is 6.18. The molecule has 2 aliphatic rings. The third-order valence-electron chi connectivity index (χ3n) is 8.89. The van der Waals surface area contributed by atoms with Gasteiger partial charge < -0.3 is 34.6 Å². The second-order valence-corrected chi connectivity index (χ2v) is 12.5. The van der Waals surface area contributed by atoms with Crippen LogP contribution < -0.4 is 29.9 Å². The van der Waals surface area contributed by atoms with Crippen LogP contribution in [0, 0.1) is 5.92 Å². The van der Waals surface area contributed by atoms with Gasteiger partial charge in [-0.25, -0.2) is 29.9 Å². The van der Waals surface area contributed by atoms with Crippen molar-refractivity contribution in [2.24, 2.45) is 5.92 Å². The molecule has 2 aliphatic heterocycles. The van der Waals surface area contributed by atoms with Crippen molar-refractivity contribution >= 4 is 40.6 Å². The van der Waals surface area contributed by atoms with E-state index in [9.17, 15) is 4.79 Å². The molecule has 0 amide bonds. The number of rotatable bonds is 13. The number of hydrogen-bond acceptors (Lipinski definition) is 14. The lowest BCUT2D eigenvalue weighted by atomic mass is 10.0. The summed E-state index contributed by atoms with van der Waals surface area (Å²) in [4.78, 5) is 43.9. The second kappa shape index (κ2) is 15.6. The Bertz CT molecular complexity index is 2120. The number of carbonyl (C=O) groups excluding carboxylic acids is 1. The molecular formula is C39H36N10O4. The minimum atomic E-state index is -0.290. The summed E-state index contributed by atoms with van der Waals surface area (Å²) in [5, 5.41) is 6.52. The molecule has 14 nitrogen and oxygen atoms in total. The molecule has 2 fully saturated rings. The van der Waals surface area contributed by atoms with Crippen molar-refractivity contribution in [3.05, 3.63) is 122 Å². The van der Waals surface area contributed by atoms with E-state index in [1.54, 1.807) is 37.2 Å². The summed E-state index contributed by atoms with van der Waals surface area (Å²) in [5.74, 6) is 4.16. The van der Waals surface area contributed by atoms with Gasteiger partial charge in [0.25, 0.3) is 11.8 Å². The molecular weight excluding hydrogens is 672 g/mol. The van der Waals surface area contributed by atoms with E-state index in [0.717, 1.165) is 42.4 Å². The molecule has 2 saturated heterocycles. The maximum Gasteiger partial charge on any atom is 0.312 e. The number of anilines is 6. The van der Waals surface area contributed by atoms with Crippen LogP contribution in [0.2, 0.25) is 0 Å². The summed E-state index contributed by atoms with van der Waals surface area (Å²) in [6.45, 7) is 1.89. The number of ether oxygens (including phenoxy) is 3. The molecule has 8 rings (SSSR count). The van der Waals surface area contributed by atoms with Crippen molar-refractivity contribution in [2.45, 2.75) is 18.9 Å². The van der Waals surface area contributed by atoms with Gasteiger partial charge in [0.05, 0.1) is 12.0 Å². The number of nitrogens with one attached hydrogen (secondary N) is 2. The van der Waals surface area contributed by atoms with Gasteiger partial charge in [-0.1, -0.05) is 12.1 Å². The van der Waals surface area contributed by atoms with E-state index < -0.39 is 0 Å². The molecule has 0 spiro atoms. The Labute approximate surface area is 305 Å². The third kappa shape index (κ3) is 8.06. The molecule has 2 N–H and O–H groups in total. The number of esters is 1. The summed E-state index contributed by atoms with van der Waals surface area (Å²) in [7, 11) is 0. The largest absolute Gasteiger partial charge is 0.463 e. The normalized spacial score (nSPS) is 15.4. The van der Waals surface area contributed by atoms with Gasteiger partial charge in [0.15, 0.2) is 11.6 Å². The first-order chi connectivity index (χ1) is 26.1. The van der Waals surface area contributed by atoms with Crippen molar-refractivity contribution < 1.29 is 19.0 Å². The number of carbonyl (C=O) groups is 1. The van der Waals surface area contributed by atoms with E-state index >= 15 is 0 Å². The maximum atomic E-state index is 13.2. The Balaban J connectivity index is 0.839. The predicted molar refractivity (Wildman–Crippen MR) is 199 cm³/mol. The lowest BCUT2D eigenvalue weighted by molar-refractivity contribution is -0.149. The fourth-order valence-corrected chi connectivity index (χ4v) is 6.18. The molecule has 1 atom stereocenters. The lowest BCUT2D eigenvalue weighted by Gasteiger charge is -2.38. The predicted octanol–water partition coefficient (Wildman–Crippen LogP) is 6.78. The van der Waals surface area contributed by atoms with Crippen LogP contribution in [-0.2, 0) is 9.53 Å². The van der Waals surface area contributed by atoms with E-state index in [2.05, 4.69) is 45.4 Å². The summed E-state index contributed by atoms with van der Waals surface area (Å²) < 4.78 is 18.2. The van der Waals surface area contributed by atoms with Gasteiger partial charge in [0, 0.05) is 68.2 Å². The standard InChI is InChI=1S/C39H36N10O4/c50-39(27-24-48(25-27)35-37(44-21-19-42-35)52-31-13-9-28(10-14-31)46-33-7-1-3-17-40-33)51-26-30-6-5-23-49(30)36-38(45-22-20-43-36)53-32-15-11-29(12-16-32)47-34-8-2-4-18-41-34/h1-4,7-22,27,30H,5-6,23-26H2,(H,40,46)(H,41,47)/t30-/m0/s1. The van der Waals surface area contributed by atoms with Crippen LogP contribution >= 0.6 is 0 Å². The van der Waals surface area contributed by atoms with E-state index in [4.69, 9.17) is 14.2 Å². The number of aromatic nitrogens is 6. The molecule has 6 heterocycles. The van der Waals surface area contributed by atoms with Gasteiger partial charge >= 0.3 is 5.97 Å². The Morgan fingerprint density at radius 3 is 1.75 bits per heavy atom. The summed E-state index contributed by atoms with van der Waals surface area (Å²) in [6.07, 6.45) is 11.7. The van der Waals surface area contributed by atoms with Gasteiger partial charge in [-0.05, 0) is 85.6 Å². The molecule has 4 aromatic heterocycles. The van der Waals surface area contributed by atoms with E-state index in [-0.39, 0.29) is 24.5 Å². The average Bonchev–Trinajstić information content (AvgIpc) is 3.65. The van der Waals surface area contributed by atoms with Crippen LogP contribution in [-0.4, -0.2) is 68.2 Å². The zero-order valence-electron chi connectivity index (χ0n) is 28.7. The third-order valence-corrected chi connectivity index (χ3v) is 8.89. The Kier molecular flexibility index (Phi) is 9.81. The molecule has 0 unspecified atom stereocenters. The molecule has 266 valence electrons. The minimum absolute atomic E-state index is 0.0512. The van der Waals surface area contributed by atoms with Gasteiger partial charge in [-0.2, -0.15) is 0 Å². The monoisotopic (exact) mass is 708 g/mol. The zero-order chi connectivity index (χ0) is 35.8. The van der Waals surface area contributed by atoms with E-state index in [0.29, 0.717) is 48.0 Å². The number of pyridine rings is 2. The molecule has 6 aromatic rings. The second-order valence-electron chi connectivity index (χ2n) is 12.5. The van der Waals surface area contributed by atoms with Crippen molar-refractivity contribution in [3.63, 3.8) is 0 Å². The Morgan fingerprint density at radius 1 is 0.642 bits per heavy atom. The molecule has 0 radical (unpaired) electrons. The minimum Gasteiger partial charge on any atom is -0.463 e. The van der Waals surface area contributed by atoms with Crippen LogP contribution in [0.4, 0.5) is 34.6 Å². The SMILES string of the molecule is O=C(OC[C@@H]1CCCN1c1nccnc1Oc1ccc(Nc2ccccn2)cc1)C1CN(c2nccnc2Oc2ccc(Nc3ccccn3)cc2)C1. The Morgan fingerprint density at radius 2 is 1.19 bits per heavy atom. The molecule has 53 heavy (non-hydrogen) atoms. The van der Waals surface area contributed by atoms with Crippen molar-refractivity contribution in [1.82, 2.24) is 29.9 Å². The fraction of sp³-hybridized carbons (Fsp3) is 0.205. The molecule has 0 saturated carbocycles. The number of benzene rings is 2. The first-order valence-electron chi connectivity index (χ1n) is 17.4. The lowest BCUT2D eigenvalue weighted by Crippen LogP contribution is -2.52. The van der Waals surface area contributed by atoms with Crippen LogP contribution in [0.15, 0.2) is 122 Å². The number of hydrogen-bond donors (Lipinski definition) is 2. The molecule has 0 bridgehead atoms. The summed E-state index contributed by atoms with van der Waals surface area (Å²) in [6, 6.07) is 26.4. The maximum absolute atomic E-state index is 13.2. The quantitative estimate of drug-likeness (QED) is 0.121. The van der Waals surface area contributed by atoms with Crippen molar-refractivity contribution in [1.29, 1.82) is 0 Å². The van der Waals surface area contributed by atoms with Crippen LogP contribution in [0.1, 0.15) is 12.8 Å². The highest BCUT2D eigenvalue weighted by Gasteiger charge is 2.38. The zero-order valence-corrected chi connectivity index (χ0v) is 28.7. The first kappa shape index (κ1) is 33.3. The highest BCUT2D eigenvalue weighted by Crippen LogP contribution is 2.35. The smallest absolute Gasteiger partial charge is 0.312 e. The first-order valence-corrected chi connectivity index (χ1v) is 17.4. The molecule has 0 aliphatic carbocycles. The van der Waals surface area contributed by atoms with Gasteiger partial charge in [0.2, 0.25) is 0 Å². The molecule has 14 heteroatoms. The van der Waals surface area contributed by atoms with Crippen molar-refractivity contribution in [2.75, 3.05) is 46.7 Å². The molecule has 2 aromatic carbocycles. The summed E-state index contributed by atoms with van der Waals surface area (Å²) in [5.41, 5.74) is 1.76. The highest BCUT2D eigenvalue weighted by atomic mass is 16.5. The van der Waals surface area contributed by atoms with Gasteiger partial charge in [-0.15, -0.1) is 0 Å². The highest BCUT2D eigenvalue weighted by molar-refractivity contribution is 5.77. The summed E-state index contributed by atoms with van der Waals surface area (Å²) >= 11 is 0. The van der Waals surface area contributed by atoms with Gasteiger partial charge in [0.1, 0.15) is 29.7 Å². The van der Waals surface area contributed by atoms with Crippen LogP contribution in [0.25, 0.3) is 0 Å². The number of nitrogens with zero attached hydrogens (tertiary/aromatic N) is 8. The van der Waals surface area contributed by atoms with E-state index in [1.165, 1.54) is 0 Å². The topological polar surface area (TPSA) is 153 Å². The Hall–Kier alpha value is -6.83.